The maximum atomic E-state index is 8.78. The van der Waals surface area contributed by atoms with Gasteiger partial charge >= 0.3 is 0 Å². The van der Waals surface area contributed by atoms with Gasteiger partial charge in [-0.25, -0.2) is 9.97 Å². The Morgan fingerprint density at radius 2 is 2.47 bits per heavy atom. The molecule has 2 heterocycles. The number of ether oxygens (including phenoxy) is 1. The normalized spacial score (nSPS) is 19.6. The number of rotatable bonds is 3. The second kappa shape index (κ2) is 5.60. The number of nitrogens with zero attached hydrogens (tertiary/aromatic N) is 4. The van der Waals surface area contributed by atoms with E-state index in [1.807, 2.05) is 18.0 Å². The molecule has 0 bridgehead atoms. The monoisotopic (exact) mass is 232 g/mol. The van der Waals surface area contributed by atoms with Crippen LogP contribution in [-0.4, -0.2) is 36.3 Å². The molecule has 0 amide bonds. The molecule has 0 aromatic carbocycles. The van der Waals surface area contributed by atoms with Crippen LogP contribution in [0.2, 0.25) is 0 Å². The predicted octanol–water partition coefficient (Wildman–Crippen LogP) is 1.35. The van der Waals surface area contributed by atoms with Crippen LogP contribution in [0.5, 0.6) is 0 Å². The summed E-state index contributed by atoms with van der Waals surface area (Å²) in [6.07, 6.45) is 5.32. The Labute approximate surface area is 101 Å². The molecule has 1 aromatic rings. The van der Waals surface area contributed by atoms with Crippen molar-refractivity contribution < 1.29 is 4.74 Å². The van der Waals surface area contributed by atoms with E-state index in [9.17, 15) is 0 Å². The second-order valence-corrected chi connectivity index (χ2v) is 4.22. The highest BCUT2D eigenvalue weighted by atomic mass is 16.5. The van der Waals surface area contributed by atoms with Crippen LogP contribution in [0.4, 0.5) is 5.95 Å². The molecule has 1 aliphatic rings. The molecule has 1 fully saturated rings. The molecule has 0 radical (unpaired) electrons. The lowest BCUT2D eigenvalue weighted by molar-refractivity contribution is 0.0214. The minimum absolute atomic E-state index is 0.253. The zero-order valence-corrected chi connectivity index (χ0v) is 9.96. The molecule has 0 N–H and O–H groups in total. The first-order chi connectivity index (χ1) is 8.29. The molecule has 1 unspecified atom stereocenters. The molecular weight excluding hydrogens is 216 g/mol. The van der Waals surface area contributed by atoms with Crippen LogP contribution in [0.15, 0.2) is 12.3 Å². The van der Waals surface area contributed by atoms with Crippen LogP contribution in [-0.2, 0) is 4.74 Å². The van der Waals surface area contributed by atoms with Crippen LogP contribution in [0.3, 0.4) is 0 Å². The lowest BCUT2D eigenvalue weighted by Crippen LogP contribution is -2.34. The standard InChI is InChI=1S/C12H16N4O/c1-16(9-11-4-2-3-7-17-11)12-14-6-5-10(8-13)15-12/h5-6,11H,2-4,7,9H2,1H3. The Morgan fingerprint density at radius 1 is 1.59 bits per heavy atom. The van der Waals surface area contributed by atoms with E-state index in [1.165, 1.54) is 6.42 Å². The largest absolute Gasteiger partial charge is 0.376 e. The van der Waals surface area contributed by atoms with E-state index in [1.54, 1.807) is 12.3 Å². The Morgan fingerprint density at radius 3 is 3.18 bits per heavy atom. The number of hydrogen-bond acceptors (Lipinski definition) is 5. The Kier molecular flexibility index (Phi) is 3.89. The van der Waals surface area contributed by atoms with Gasteiger partial charge in [0.1, 0.15) is 11.8 Å². The van der Waals surface area contributed by atoms with E-state index in [4.69, 9.17) is 10.00 Å². The number of aromatic nitrogens is 2. The van der Waals surface area contributed by atoms with Gasteiger partial charge in [-0.15, -0.1) is 0 Å². The molecule has 1 aliphatic heterocycles. The smallest absolute Gasteiger partial charge is 0.226 e. The first kappa shape index (κ1) is 11.8. The van der Waals surface area contributed by atoms with E-state index < -0.39 is 0 Å². The van der Waals surface area contributed by atoms with Crippen LogP contribution < -0.4 is 4.90 Å². The molecule has 0 aliphatic carbocycles. The highest BCUT2D eigenvalue weighted by Crippen LogP contribution is 2.15. The third-order valence-corrected chi connectivity index (χ3v) is 2.85. The van der Waals surface area contributed by atoms with Crippen molar-refractivity contribution in [3.8, 4) is 6.07 Å². The summed E-state index contributed by atoms with van der Waals surface area (Å²) < 4.78 is 5.66. The fourth-order valence-electron chi connectivity index (χ4n) is 1.93. The molecule has 1 atom stereocenters. The van der Waals surface area contributed by atoms with Crippen molar-refractivity contribution in [1.29, 1.82) is 5.26 Å². The average molecular weight is 232 g/mol. The van der Waals surface area contributed by atoms with Gasteiger partial charge in [-0.05, 0) is 25.3 Å². The zero-order valence-electron chi connectivity index (χ0n) is 9.96. The van der Waals surface area contributed by atoms with Gasteiger partial charge in [0.2, 0.25) is 5.95 Å². The van der Waals surface area contributed by atoms with Gasteiger partial charge in [0, 0.05) is 26.4 Å². The fraction of sp³-hybridized carbons (Fsp3) is 0.583. The van der Waals surface area contributed by atoms with Crippen molar-refractivity contribution in [2.75, 3.05) is 25.1 Å². The second-order valence-electron chi connectivity index (χ2n) is 4.22. The molecule has 1 saturated heterocycles. The Balaban J connectivity index is 1.98. The third-order valence-electron chi connectivity index (χ3n) is 2.85. The lowest BCUT2D eigenvalue weighted by Gasteiger charge is -2.27. The molecule has 5 heteroatoms. The summed E-state index contributed by atoms with van der Waals surface area (Å²) in [4.78, 5) is 10.3. The van der Waals surface area contributed by atoms with Crippen LogP contribution in [0, 0.1) is 11.3 Å². The van der Waals surface area contributed by atoms with E-state index >= 15 is 0 Å². The van der Waals surface area contributed by atoms with Gasteiger partial charge in [-0.2, -0.15) is 5.26 Å². The minimum atomic E-state index is 0.253. The van der Waals surface area contributed by atoms with E-state index in [0.29, 0.717) is 11.6 Å². The molecule has 2 rings (SSSR count). The highest BCUT2D eigenvalue weighted by Gasteiger charge is 2.17. The van der Waals surface area contributed by atoms with Crippen molar-refractivity contribution in [1.82, 2.24) is 9.97 Å². The maximum absolute atomic E-state index is 8.78. The van der Waals surface area contributed by atoms with Crippen molar-refractivity contribution in [3.05, 3.63) is 18.0 Å². The molecule has 1 aromatic heterocycles. The summed E-state index contributed by atoms with van der Waals surface area (Å²) in [5, 5.41) is 8.78. The van der Waals surface area contributed by atoms with E-state index in [-0.39, 0.29) is 6.10 Å². The summed E-state index contributed by atoms with van der Waals surface area (Å²) >= 11 is 0. The van der Waals surface area contributed by atoms with Crippen molar-refractivity contribution >= 4 is 5.95 Å². The Bertz CT molecular complexity index is 409. The van der Waals surface area contributed by atoms with Crippen LogP contribution in [0.1, 0.15) is 25.0 Å². The summed E-state index contributed by atoms with van der Waals surface area (Å²) in [7, 11) is 1.93. The van der Waals surface area contributed by atoms with Crippen molar-refractivity contribution in [2.24, 2.45) is 0 Å². The average Bonchev–Trinajstić information content (AvgIpc) is 2.40. The molecule has 90 valence electrons. The minimum Gasteiger partial charge on any atom is -0.376 e. The van der Waals surface area contributed by atoms with Gasteiger partial charge in [-0.1, -0.05) is 0 Å². The van der Waals surface area contributed by atoms with Gasteiger partial charge in [0.05, 0.1) is 6.10 Å². The topological polar surface area (TPSA) is 62.0 Å². The predicted molar refractivity (Wildman–Crippen MR) is 63.6 cm³/mol. The number of nitriles is 1. The van der Waals surface area contributed by atoms with E-state index in [0.717, 1.165) is 26.0 Å². The van der Waals surface area contributed by atoms with Gasteiger partial charge in [-0.3, -0.25) is 0 Å². The number of hydrogen-bond donors (Lipinski definition) is 0. The molecule has 0 spiro atoms. The van der Waals surface area contributed by atoms with Crippen LogP contribution >= 0.6 is 0 Å². The number of likely N-dealkylation sites (N-methyl/N-ethyl adjacent to an activating group) is 1. The van der Waals surface area contributed by atoms with Crippen LogP contribution in [0.25, 0.3) is 0 Å². The molecule has 0 saturated carbocycles. The van der Waals surface area contributed by atoms with E-state index in [2.05, 4.69) is 9.97 Å². The first-order valence-corrected chi connectivity index (χ1v) is 5.85. The van der Waals surface area contributed by atoms with Gasteiger partial charge < -0.3 is 9.64 Å². The molecular formula is C12H16N4O. The first-order valence-electron chi connectivity index (χ1n) is 5.85. The third kappa shape index (κ3) is 3.14. The summed E-state index contributed by atoms with van der Waals surface area (Å²) in [6.45, 7) is 1.62. The highest BCUT2D eigenvalue weighted by molar-refractivity contribution is 5.32. The van der Waals surface area contributed by atoms with Gasteiger partial charge in [0.25, 0.3) is 0 Å². The zero-order chi connectivity index (χ0) is 12.1. The maximum Gasteiger partial charge on any atom is 0.226 e. The van der Waals surface area contributed by atoms with Crippen molar-refractivity contribution in [3.63, 3.8) is 0 Å². The summed E-state index contributed by atoms with van der Waals surface area (Å²) in [6, 6.07) is 3.62. The Hall–Kier alpha value is -1.67. The number of anilines is 1. The summed E-state index contributed by atoms with van der Waals surface area (Å²) in [5.41, 5.74) is 0.395. The molecule has 5 nitrogen and oxygen atoms in total. The van der Waals surface area contributed by atoms with Crippen molar-refractivity contribution in [2.45, 2.75) is 25.4 Å². The summed E-state index contributed by atoms with van der Waals surface area (Å²) in [5.74, 6) is 0.582. The molecule has 17 heavy (non-hydrogen) atoms. The fourth-order valence-corrected chi connectivity index (χ4v) is 1.93. The van der Waals surface area contributed by atoms with Gasteiger partial charge in [0.15, 0.2) is 0 Å². The quantitative estimate of drug-likeness (QED) is 0.787. The lowest BCUT2D eigenvalue weighted by atomic mass is 10.1. The SMILES string of the molecule is CN(CC1CCCCO1)c1nccc(C#N)n1.